The normalized spacial score (nSPS) is 13.3. The molecule has 5 nitrogen and oxygen atoms in total. The van der Waals surface area contributed by atoms with Gasteiger partial charge in [-0.2, -0.15) is 0 Å². The second-order valence-corrected chi connectivity index (χ2v) is 5.45. The van der Waals surface area contributed by atoms with Crippen LogP contribution in [0.15, 0.2) is 0 Å². The highest BCUT2D eigenvalue weighted by molar-refractivity contribution is 5.75. The number of amides is 2. The molecule has 1 atom stereocenters. The zero-order valence-electron chi connectivity index (χ0n) is 11.3. The molecule has 0 saturated heterocycles. The van der Waals surface area contributed by atoms with Crippen LogP contribution in [0.25, 0.3) is 0 Å². The second-order valence-electron chi connectivity index (χ2n) is 5.45. The number of carboxylic acid groups (broad SMARTS) is 1. The lowest BCUT2D eigenvalue weighted by molar-refractivity contribution is -0.140. The van der Waals surface area contributed by atoms with Gasteiger partial charge in [-0.05, 0) is 11.3 Å². The number of carboxylic acids is 1. The molecule has 0 saturated carbocycles. The van der Waals surface area contributed by atoms with E-state index in [1.807, 2.05) is 0 Å². The molecule has 2 amide bonds. The van der Waals surface area contributed by atoms with E-state index >= 15 is 0 Å². The summed E-state index contributed by atoms with van der Waals surface area (Å²) in [6, 6.07) is -0.313. The van der Waals surface area contributed by atoms with Gasteiger partial charge in [0.15, 0.2) is 0 Å². The topological polar surface area (TPSA) is 78.4 Å². The van der Waals surface area contributed by atoms with Gasteiger partial charge in [0.05, 0.1) is 5.92 Å². The molecule has 0 aliphatic heterocycles. The number of urea groups is 1. The first-order valence-corrected chi connectivity index (χ1v) is 5.91. The Labute approximate surface area is 103 Å². The molecule has 0 radical (unpaired) electrons. The molecule has 0 aromatic heterocycles. The van der Waals surface area contributed by atoms with Crippen LogP contribution in [-0.4, -0.2) is 30.2 Å². The van der Waals surface area contributed by atoms with Gasteiger partial charge in [0.25, 0.3) is 0 Å². The Balaban J connectivity index is 3.93. The van der Waals surface area contributed by atoms with Crippen LogP contribution in [0.1, 0.15) is 34.6 Å². The third kappa shape index (κ3) is 6.14. The van der Waals surface area contributed by atoms with Gasteiger partial charge in [0.1, 0.15) is 0 Å². The maximum atomic E-state index is 11.4. The molecule has 0 aromatic rings. The van der Waals surface area contributed by atoms with E-state index < -0.39 is 11.9 Å². The van der Waals surface area contributed by atoms with Gasteiger partial charge < -0.3 is 15.7 Å². The Kier molecular flexibility index (Phi) is 5.99. The van der Waals surface area contributed by atoms with Gasteiger partial charge in [-0.3, -0.25) is 4.79 Å². The van der Waals surface area contributed by atoms with Gasteiger partial charge in [0.2, 0.25) is 0 Å². The van der Waals surface area contributed by atoms with E-state index in [2.05, 4.69) is 38.3 Å². The fourth-order valence-electron chi connectivity index (χ4n) is 0.908. The van der Waals surface area contributed by atoms with Gasteiger partial charge in [-0.15, -0.1) is 0 Å². The molecule has 3 N–H and O–H groups in total. The molecule has 17 heavy (non-hydrogen) atoms. The van der Waals surface area contributed by atoms with Gasteiger partial charge in [-0.25, -0.2) is 4.79 Å². The lowest BCUT2D eigenvalue weighted by atomic mass is 9.81. The standard InChI is InChI=1S/C12H24N2O3/c1-8(2)12(4,5)7-14-11(17)13-6-9(3)10(15)16/h8-9H,6-7H2,1-5H3,(H,15,16)(H2,13,14,17). The van der Waals surface area contributed by atoms with Crippen molar-refractivity contribution in [3.63, 3.8) is 0 Å². The van der Waals surface area contributed by atoms with Crippen LogP contribution in [0.3, 0.4) is 0 Å². The molecule has 0 fully saturated rings. The minimum absolute atomic E-state index is 0.0236. The predicted octanol–water partition coefficient (Wildman–Crippen LogP) is 1.69. The SMILES string of the molecule is CC(CNC(=O)NCC(C)(C)C(C)C)C(=O)O. The highest BCUT2D eigenvalue weighted by Crippen LogP contribution is 2.24. The zero-order chi connectivity index (χ0) is 13.6. The number of rotatable bonds is 6. The third-order valence-electron chi connectivity index (χ3n) is 3.26. The smallest absolute Gasteiger partial charge is 0.314 e. The Morgan fingerprint density at radius 2 is 1.71 bits per heavy atom. The fourth-order valence-corrected chi connectivity index (χ4v) is 0.908. The molecular weight excluding hydrogens is 220 g/mol. The Bertz CT molecular complexity index is 275. The zero-order valence-corrected chi connectivity index (χ0v) is 11.3. The third-order valence-corrected chi connectivity index (χ3v) is 3.26. The number of nitrogens with one attached hydrogen (secondary N) is 2. The van der Waals surface area contributed by atoms with E-state index in [9.17, 15) is 9.59 Å². The van der Waals surface area contributed by atoms with E-state index in [1.165, 1.54) is 0 Å². The maximum absolute atomic E-state index is 11.4. The minimum Gasteiger partial charge on any atom is -0.481 e. The molecule has 0 spiro atoms. The van der Waals surface area contributed by atoms with Crippen molar-refractivity contribution in [1.29, 1.82) is 0 Å². The Morgan fingerprint density at radius 3 is 2.12 bits per heavy atom. The first kappa shape index (κ1) is 15.7. The van der Waals surface area contributed by atoms with Crippen LogP contribution in [-0.2, 0) is 4.79 Å². The molecule has 1 unspecified atom stereocenters. The molecule has 5 heteroatoms. The summed E-state index contributed by atoms with van der Waals surface area (Å²) >= 11 is 0. The highest BCUT2D eigenvalue weighted by atomic mass is 16.4. The lowest BCUT2D eigenvalue weighted by Gasteiger charge is -2.29. The van der Waals surface area contributed by atoms with E-state index in [0.717, 1.165) is 0 Å². The van der Waals surface area contributed by atoms with Crippen molar-refractivity contribution in [3.8, 4) is 0 Å². The lowest BCUT2D eigenvalue weighted by Crippen LogP contribution is -2.44. The van der Waals surface area contributed by atoms with E-state index in [-0.39, 0.29) is 18.0 Å². The van der Waals surface area contributed by atoms with Crippen molar-refractivity contribution in [1.82, 2.24) is 10.6 Å². The van der Waals surface area contributed by atoms with Crippen LogP contribution >= 0.6 is 0 Å². The highest BCUT2D eigenvalue weighted by Gasteiger charge is 2.23. The number of carbonyl (C=O) groups excluding carboxylic acids is 1. The van der Waals surface area contributed by atoms with E-state index in [0.29, 0.717) is 12.5 Å². The molecule has 0 heterocycles. The summed E-state index contributed by atoms with van der Waals surface area (Å²) in [5.41, 5.74) is 0.0236. The van der Waals surface area contributed by atoms with Crippen LogP contribution in [0, 0.1) is 17.3 Å². The maximum Gasteiger partial charge on any atom is 0.314 e. The van der Waals surface area contributed by atoms with E-state index in [4.69, 9.17) is 5.11 Å². The van der Waals surface area contributed by atoms with E-state index in [1.54, 1.807) is 6.92 Å². The molecular formula is C12H24N2O3. The second kappa shape index (κ2) is 6.47. The number of carbonyl (C=O) groups is 2. The number of aliphatic carboxylic acids is 1. The van der Waals surface area contributed by atoms with Crippen LogP contribution in [0.5, 0.6) is 0 Å². The van der Waals surface area contributed by atoms with Crippen LogP contribution in [0.2, 0.25) is 0 Å². The molecule has 0 aliphatic rings. The summed E-state index contributed by atoms with van der Waals surface area (Å²) in [6.07, 6.45) is 0. The van der Waals surface area contributed by atoms with Crippen molar-refractivity contribution in [2.24, 2.45) is 17.3 Å². The molecule has 0 bridgehead atoms. The predicted molar refractivity (Wildman–Crippen MR) is 66.8 cm³/mol. The first-order valence-electron chi connectivity index (χ1n) is 5.91. The summed E-state index contributed by atoms with van der Waals surface area (Å²) in [7, 11) is 0. The van der Waals surface area contributed by atoms with Crippen molar-refractivity contribution in [3.05, 3.63) is 0 Å². The monoisotopic (exact) mass is 244 g/mol. The minimum atomic E-state index is -0.909. The summed E-state index contributed by atoms with van der Waals surface area (Å²) in [5, 5.41) is 14.0. The molecule has 0 aromatic carbocycles. The summed E-state index contributed by atoms with van der Waals surface area (Å²) in [6.45, 7) is 10.6. The fraction of sp³-hybridized carbons (Fsp3) is 0.833. The summed E-state index contributed by atoms with van der Waals surface area (Å²) in [5.74, 6) is -1.02. The number of hydrogen-bond acceptors (Lipinski definition) is 2. The van der Waals surface area contributed by atoms with Gasteiger partial charge >= 0.3 is 12.0 Å². The van der Waals surface area contributed by atoms with Crippen molar-refractivity contribution in [2.45, 2.75) is 34.6 Å². The molecule has 0 aliphatic carbocycles. The van der Waals surface area contributed by atoms with Crippen LogP contribution in [0.4, 0.5) is 4.79 Å². The molecule has 0 rings (SSSR count). The average Bonchev–Trinajstić information content (AvgIpc) is 2.22. The number of hydrogen-bond donors (Lipinski definition) is 3. The quantitative estimate of drug-likeness (QED) is 0.665. The van der Waals surface area contributed by atoms with Gasteiger partial charge in [0, 0.05) is 13.1 Å². The first-order chi connectivity index (χ1) is 7.66. The van der Waals surface area contributed by atoms with Crippen molar-refractivity contribution >= 4 is 12.0 Å². The Hall–Kier alpha value is -1.26. The summed E-state index contributed by atoms with van der Waals surface area (Å²) in [4.78, 5) is 22.0. The van der Waals surface area contributed by atoms with Crippen LogP contribution < -0.4 is 10.6 Å². The Morgan fingerprint density at radius 1 is 1.18 bits per heavy atom. The summed E-state index contributed by atoms with van der Waals surface area (Å²) < 4.78 is 0. The molecule has 100 valence electrons. The van der Waals surface area contributed by atoms with Crippen molar-refractivity contribution < 1.29 is 14.7 Å². The van der Waals surface area contributed by atoms with Crippen molar-refractivity contribution in [2.75, 3.05) is 13.1 Å². The average molecular weight is 244 g/mol. The largest absolute Gasteiger partial charge is 0.481 e. The van der Waals surface area contributed by atoms with Gasteiger partial charge in [-0.1, -0.05) is 34.6 Å².